The number of amides is 1. The van der Waals surface area contributed by atoms with E-state index in [0.29, 0.717) is 13.0 Å². The molecule has 1 unspecified atom stereocenters. The molecule has 3 heteroatoms. The normalized spacial score (nSPS) is 15.1. The number of allylic oxidation sites excluding steroid dienone is 11. The minimum atomic E-state index is -0.788. The monoisotopic (exact) mass is 385 g/mol. The molecule has 156 valence electrons. The minimum absolute atomic E-state index is 0.171. The van der Waals surface area contributed by atoms with E-state index in [9.17, 15) is 9.90 Å². The Morgan fingerprint density at radius 2 is 1.46 bits per heavy atom. The first-order valence-electron chi connectivity index (χ1n) is 10.5. The van der Waals surface area contributed by atoms with Crippen molar-refractivity contribution in [1.82, 2.24) is 5.32 Å². The third-order valence-electron chi connectivity index (χ3n) is 4.18. The Labute approximate surface area is 172 Å². The molecule has 0 radical (unpaired) electrons. The molecule has 0 rings (SSSR count). The summed E-state index contributed by atoms with van der Waals surface area (Å²) in [5.74, 6) is -0.171. The molecule has 0 aromatic heterocycles. The zero-order valence-corrected chi connectivity index (χ0v) is 17.9. The van der Waals surface area contributed by atoms with Crippen LogP contribution in [0.15, 0.2) is 72.9 Å². The van der Waals surface area contributed by atoms with E-state index < -0.39 is 5.60 Å². The second-order valence-corrected chi connectivity index (χ2v) is 6.88. The fraction of sp³-hybridized carbons (Fsp3) is 0.480. The van der Waals surface area contributed by atoms with Crippen LogP contribution < -0.4 is 5.32 Å². The summed E-state index contributed by atoms with van der Waals surface area (Å²) in [6.45, 7) is 6.46. The smallest absolute Gasteiger partial charge is 0.244 e. The highest BCUT2D eigenvalue weighted by molar-refractivity contribution is 5.87. The van der Waals surface area contributed by atoms with E-state index in [4.69, 9.17) is 0 Å². The fourth-order valence-electron chi connectivity index (χ4n) is 2.64. The third-order valence-corrected chi connectivity index (χ3v) is 4.18. The molecular weight excluding hydrogens is 346 g/mol. The molecule has 0 bridgehead atoms. The van der Waals surface area contributed by atoms with Crippen LogP contribution >= 0.6 is 0 Å². The summed E-state index contributed by atoms with van der Waals surface area (Å²) >= 11 is 0. The van der Waals surface area contributed by atoms with Gasteiger partial charge >= 0.3 is 0 Å². The summed E-state index contributed by atoms with van der Waals surface area (Å²) in [4.78, 5) is 11.9. The number of nitrogens with one attached hydrogen (secondary N) is 1. The predicted octanol–water partition coefficient (Wildman–Crippen LogP) is 5.96. The first-order chi connectivity index (χ1) is 13.6. The molecule has 0 heterocycles. The van der Waals surface area contributed by atoms with E-state index in [-0.39, 0.29) is 5.91 Å². The summed E-state index contributed by atoms with van der Waals surface area (Å²) in [6, 6.07) is 0. The van der Waals surface area contributed by atoms with Gasteiger partial charge in [-0.1, -0.05) is 99.9 Å². The van der Waals surface area contributed by atoms with E-state index >= 15 is 0 Å². The van der Waals surface area contributed by atoms with Gasteiger partial charge in [0, 0.05) is 12.6 Å². The number of rotatable bonds is 15. The van der Waals surface area contributed by atoms with Crippen molar-refractivity contribution in [3.63, 3.8) is 0 Å². The zero-order chi connectivity index (χ0) is 20.9. The number of unbranched alkanes of at least 4 members (excludes halogenated alkanes) is 2. The van der Waals surface area contributed by atoms with Crippen LogP contribution in [0.5, 0.6) is 0 Å². The Bertz CT molecular complexity index is 567. The maximum atomic E-state index is 11.9. The van der Waals surface area contributed by atoms with Crippen LogP contribution in [0.2, 0.25) is 0 Å². The van der Waals surface area contributed by atoms with Crippen LogP contribution in [0, 0.1) is 0 Å². The van der Waals surface area contributed by atoms with Crippen LogP contribution in [0.25, 0.3) is 0 Å². The lowest BCUT2D eigenvalue weighted by Crippen LogP contribution is -2.42. The lowest BCUT2D eigenvalue weighted by molar-refractivity contribution is -0.118. The SMILES string of the molecule is CC=CC=CC=CCCC=CC=CC=CC(=O)NCC(O)(CCC)CCCC. The number of hydrogen-bond donors (Lipinski definition) is 2. The topological polar surface area (TPSA) is 49.3 Å². The lowest BCUT2D eigenvalue weighted by atomic mass is 9.91. The molecule has 2 N–H and O–H groups in total. The van der Waals surface area contributed by atoms with Crippen molar-refractivity contribution >= 4 is 5.91 Å². The molecule has 0 aliphatic heterocycles. The van der Waals surface area contributed by atoms with Gasteiger partial charge in [0.05, 0.1) is 5.60 Å². The largest absolute Gasteiger partial charge is 0.388 e. The molecular formula is C25H39NO2. The predicted molar refractivity (Wildman–Crippen MR) is 122 cm³/mol. The molecule has 3 nitrogen and oxygen atoms in total. The summed E-state index contributed by atoms with van der Waals surface area (Å²) in [6.07, 6.45) is 29.6. The molecule has 0 saturated heterocycles. The van der Waals surface area contributed by atoms with Crippen molar-refractivity contribution in [1.29, 1.82) is 0 Å². The second kappa shape index (κ2) is 18.2. The Hall–Kier alpha value is -2.13. The van der Waals surface area contributed by atoms with Gasteiger partial charge in [-0.25, -0.2) is 0 Å². The third kappa shape index (κ3) is 16.1. The number of carbonyl (C=O) groups excluding carboxylic acids is 1. The van der Waals surface area contributed by atoms with E-state index in [1.165, 1.54) is 6.08 Å². The van der Waals surface area contributed by atoms with Crippen molar-refractivity contribution in [2.45, 2.75) is 71.3 Å². The molecule has 1 amide bonds. The highest BCUT2D eigenvalue weighted by atomic mass is 16.3. The molecule has 0 aromatic rings. The lowest BCUT2D eigenvalue weighted by Gasteiger charge is -2.27. The van der Waals surface area contributed by atoms with Gasteiger partial charge in [0.25, 0.3) is 0 Å². The summed E-state index contributed by atoms with van der Waals surface area (Å²) < 4.78 is 0. The van der Waals surface area contributed by atoms with Gasteiger partial charge in [-0.3, -0.25) is 4.79 Å². The van der Waals surface area contributed by atoms with Crippen LogP contribution in [0.4, 0.5) is 0 Å². The van der Waals surface area contributed by atoms with Gasteiger partial charge in [-0.15, -0.1) is 0 Å². The fourth-order valence-corrected chi connectivity index (χ4v) is 2.64. The van der Waals surface area contributed by atoms with Crippen molar-refractivity contribution < 1.29 is 9.90 Å². The van der Waals surface area contributed by atoms with Crippen molar-refractivity contribution in [2.75, 3.05) is 6.54 Å². The highest BCUT2D eigenvalue weighted by Gasteiger charge is 2.25. The van der Waals surface area contributed by atoms with Gasteiger partial charge < -0.3 is 10.4 Å². The van der Waals surface area contributed by atoms with Crippen LogP contribution in [0.3, 0.4) is 0 Å². The van der Waals surface area contributed by atoms with Gasteiger partial charge in [0.1, 0.15) is 0 Å². The number of aliphatic hydroxyl groups is 1. The maximum Gasteiger partial charge on any atom is 0.244 e. The average molecular weight is 386 g/mol. The van der Waals surface area contributed by atoms with Crippen LogP contribution in [-0.2, 0) is 4.79 Å². The number of carbonyl (C=O) groups is 1. The van der Waals surface area contributed by atoms with Crippen LogP contribution in [0.1, 0.15) is 65.7 Å². The van der Waals surface area contributed by atoms with Gasteiger partial charge in [-0.2, -0.15) is 0 Å². The highest BCUT2D eigenvalue weighted by Crippen LogP contribution is 2.19. The molecule has 0 aliphatic rings. The van der Waals surface area contributed by atoms with Gasteiger partial charge in [0.2, 0.25) is 5.91 Å². The second-order valence-electron chi connectivity index (χ2n) is 6.88. The van der Waals surface area contributed by atoms with E-state index in [0.717, 1.165) is 38.5 Å². The van der Waals surface area contributed by atoms with Crippen molar-refractivity contribution in [2.24, 2.45) is 0 Å². The Morgan fingerprint density at radius 1 is 0.857 bits per heavy atom. The van der Waals surface area contributed by atoms with E-state index in [1.807, 2.05) is 49.5 Å². The average Bonchev–Trinajstić information content (AvgIpc) is 2.69. The summed E-state index contributed by atoms with van der Waals surface area (Å²) in [5.41, 5.74) is -0.788. The summed E-state index contributed by atoms with van der Waals surface area (Å²) in [5, 5.41) is 13.4. The van der Waals surface area contributed by atoms with Crippen LogP contribution in [-0.4, -0.2) is 23.2 Å². The molecule has 28 heavy (non-hydrogen) atoms. The van der Waals surface area contributed by atoms with Crippen molar-refractivity contribution in [3.8, 4) is 0 Å². The molecule has 0 spiro atoms. The maximum absolute atomic E-state index is 11.9. The Kier molecular flexibility index (Phi) is 16.9. The molecule has 0 saturated carbocycles. The first-order valence-corrected chi connectivity index (χ1v) is 10.5. The van der Waals surface area contributed by atoms with Crippen molar-refractivity contribution in [3.05, 3.63) is 72.9 Å². The standard InChI is InChI=1S/C25H39NO2/c1-4-7-9-10-11-12-13-14-15-16-17-18-19-20-24(27)26-23-25(28,21-6-3)22-8-5-2/h4,7,9-12,15-20,28H,5-6,8,13-14,21-23H2,1-3H3,(H,26,27). The van der Waals surface area contributed by atoms with Gasteiger partial charge in [0.15, 0.2) is 0 Å². The number of hydrogen-bond acceptors (Lipinski definition) is 2. The molecule has 1 atom stereocenters. The Balaban J connectivity index is 4.08. The zero-order valence-electron chi connectivity index (χ0n) is 17.9. The minimum Gasteiger partial charge on any atom is -0.388 e. The van der Waals surface area contributed by atoms with E-state index in [1.54, 1.807) is 6.08 Å². The molecule has 0 fully saturated rings. The summed E-state index contributed by atoms with van der Waals surface area (Å²) in [7, 11) is 0. The first kappa shape index (κ1) is 25.9. The Morgan fingerprint density at radius 3 is 2.04 bits per heavy atom. The van der Waals surface area contributed by atoms with Gasteiger partial charge in [-0.05, 0) is 32.6 Å². The molecule has 0 aliphatic carbocycles. The quantitative estimate of drug-likeness (QED) is 0.207. The van der Waals surface area contributed by atoms with E-state index in [2.05, 4.69) is 37.4 Å². The molecule has 0 aromatic carbocycles.